The van der Waals surface area contributed by atoms with Crippen LogP contribution < -0.4 is 11.1 Å². The summed E-state index contributed by atoms with van der Waals surface area (Å²) in [6.45, 7) is 5.96. The molecule has 1 amide bonds. The molecule has 0 aromatic rings. The number of hydrogen-bond acceptors (Lipinski definition) is 3. The molecule has 4 nitrogen and oxygen atoms in total. The van der Waals surface area contributed by atoms with Gasteiger partial charge in [0.1, 0.15) is 5.78 Å². The van der Waals surface area contributed by atoms with Gasteiger partial charge in [-0.05, 0) is 32.2 Å². The van der Waals surface area contributed by atoms with Gasteiger partial charge in [-0.25, -0.2) is 0 Å². The first-order valence-corrected chi connectivity index (χ1v) is 20.6. The molecule has 46 heavy (non-hydrogen) atoms. The number of hydrogen-bond donors (Lipinski definition) is 2. The van der Waals surface area contributed by atoms with Crippen LogP contribution in [-0.4, -0.2) is 24.8 Å². The van der Waals surface area contributed by atoms with Crippen molar-refractivity contribution in [3.05, 3.63) is 0 Å². The van der Waals surface area contributed by atoms with E-state index in [4.69, 9.17) is 5.73 Å². The van der Waals surface area contributed by atoms with E-state index in [0.717, 1.165) is 45.1 Å². The molecule has 0 bridgehead atoms. The summed E-state index contributed by atoms with van der Waals surface area (Å²) in [5.74, 6) is 0.186. The summed E-state index contributed by atoms with van der Waals surface area (Å²) in [5.41, 5.74) is 5.69. The summed E-state index contributed by atoms with van der Waals surface area (Å²) in [6, 6.07) is 0. The normalized spacial score (nSPS) is 11.8. The highest BCUT2D eigenvalue weighted by Gasteiger charge is 2.21. The largest absolute Gasteiger partial charge is 0.356 e. The number of Topliss-reactive ketones (excluding diaryl/α,β-unsaturated/α-hetero) is 1. The van der Waals surface area contributed by atoms with Crippen molar-refractivity contribution in [2.45, 2.75) is 232 Å². The highest BCUT2D eigenvalue weighted by molar-refractivity contribution is 5.86. The van der Waals surface area contributed by atoms with Crippen molar-refractivity contribution >= 4 is 24.1 Å². The van der Waals surface area contributed by atoms with Crippen molar-refractivity contribution in [2.24, 2.45) is 11.7 Å². The molecular weight excluding hydrogens is 588 g/mol. The van der Waals surface area contributed by atoms with Gasteiger partial charge in [-0.1, -0.05) is 194 Å². The van der Waals surface area contributed by atoms with Gasteiger partial charge in [0.05, 0.1) is 0 Å². The van der Waals surface area contributed by atoms with Crippen LogP contribution >= 0.6 is 12.4 Å². The molecule has 1 atom stereocenters. The Labute approximate surface area is 295 Å². The predicted molar refractivity (Wildman–Crippen MR) is 206 cm³/mol. The molecule has 0 saturated carbocycles. The molecule has 0 fully saturated rings. The minimum Gasteiger partial charge on any atom is -0.356 e. The molecule has 5 heteroatoms. The Morgan fingerprint density at radius 3 is 1.20 bits per heavy atom. The number of amides is 1. The van der Waals surface area contributed by atoms with Gasteiger partial charge in [-0.15, -0.1) is 12.4 Å². The lowest BCUT2D eigenvalue weighted by atomic mass is 9.93. The standard InChI is InChI=1S/C41H82N2O2.ClH/c1-3-5-7-9-11-13-15-16-17-18-19-20-21-22-23-24-26-28-30-35-40(44)38-39(34-31-32-36-42)41(45)43-37-33-29-27-25-14-12-10-8-6-4-2;/h39H,3-38,42H2,1-2H3,(H,43,45);1H/t39-;/m1./s1. The molecule has 0 aliphatic heterocycles. The fourth-order valence-corrected chi connectivity index (χ4v) is 6.61. The van der Waals surface area contributed by atoms with E-state index in [0.29, 0.717) is 19.4 Å². The second-order valence-electron chi connectivity index (χ2n) is 14.3. The molecule has 0 aliphatic rings. The first-order valence-electron chi connectivity index (χ1n) is 20.6. The van der Waals surface area contributed by atoms with E-state index in [-0.39, 0.29) is 30.0 Å². The number of unbranched alkanes of at least 4 members (excludes halogenated alkanes) is 28. The molecular formula is C41H83ClN2O2. The number of nitrogens with one attached hydrogen (secondary N) is 1. The molecule has 0 radical (unpaired) electrons. The van der Waals surface area contributed by atoms with Crippen LogP contribution in [0.25, 0.3) is 0 Å². The summed E-state index contributed by atoms with van der Waals surface area (Å²) >= 11 is 0. The topological polar surface area (TPSA) is 72.2 Å². The van der Waals surface area contributed by atoms with Gasteiger partial charge >= 0.3 is 0 Å². The fraction of sp³-hybridized carbons (Fsp3) is 0.951. The average Bonchev–Trinajstić information content (AvgIpc) is 3.04. The van der Waals surface area contributed by atoms with Crippen LogP contribution in [0.3, 0.4) is 0 Å². The molecule has 0 aliphatic carbocycles. The highest BCUT2D eigenvalue weighted by atomic mass is 35.5. The Balaban J connectivity index is 0. The molecule has 0 aromatic carbocycles. The lowest BCUT2D eigenvalue weighted by molar-refractivity contribution is -0.129. The van der Waals surface area contributed by atoms with Gasteiger partial charge in [0.15, 0.2) is 0 Å². The van der Waals surface area contributed by atoms with E-state index in [1.54, 1.807) is 0 Å². The maximum Gasteiger partial charge on any atom is 0.223 e. The third-order valence-corrected chi connectivity index (χ3v) is 9.74. The minimum absolute atomic E-state index is 0. The summed E-state index contributed by atoms with van der Waals surface area (Å²) < 4.78 is 0. The second kappa shape index (κ2) is 40.6. The number of rotatable bonds is 38. The Morgan fingerprint density at radius 2 is 0.826 bits per heavy atom. The minimum atomic E-state index is -0.174. The lowest BCUT2D eigenvalue weighted by Gasteiger charge is -2.16. The Kier molecular flexibility index (Phi) is 41.9. The Morgan fingerprint density at radius 1 is 0.478 bits per heavy atom. The van der Waals surface area contributed by atoms with Crippen molar-refractivity contribution in [3.63, 3.8) is 0 Å². The third kappa shape index (κ3) is 36.2. The quantitative estimate of drug-likeness (QED) is 0.0642. The smallest absolute Gasteiger partial charge is 0.223 e. The molecule has 0 rings (SSSR count). The average molecular weight is 672 g/mol. The third-order valence-electron chi connectivity index (χ3n) is 9.74. The van der Waals surface area contributed by atoms with Gasteiger partial charge in [0.2, 0.25) is 5.91 Å². The van der Waals surface area contributed by atoms with Crippen LogP contribution in [0, 0.1) is 5.92 Å². The number of nitrogens with two attached hydrogens (primary N) is 1. The Bertz CT molecular complexity index is 615. The lowest BCUT2D eigenvalue weighted by Crippen LogP contribution is -2.33. The van der Waals surface area contributed by atoms with E-state index >= 15 is 0 Å². The number of carbonyl (C=O) groups is 2. The molecule has 0 spiro atoms. The van der Waals surface area contributed by atoms with Crippen molar-refractivity contribution in [1.82, 2.24) is 5.32 Å². The zero-order valence-corrected chi connectivity index (χ0v) is 32.2. The van der Waals surface area contributed by atoms with Gasteiger partial charge in [0, 0.05) is 25.3 Å². The van der Waals surface area contributed by atoms with E-state index in [1.807, 2.05) is 0 Å². The zero-order chi connectivity index (χ0) is 32.9. The number of ketones is 1. The van der Waals surface area contributed by atoms with Gasteiger partial charge in [0.25, 0.3) is 0 Å². The summed E-state index contributed by atoms with van der Waals surface area (Å²) in [4.78, 5) is 25.6. The molecule has 0 heterocycles. The van der Waals surface area contributed by atoms with Crippen LogP contribution in [0.15, 0.2) is 0 Å². The predicted octanol–water partition coefficient (Wildman–Crippen LogP) is 13.0. The monoisotopic (exact) mass is 671 g/mol. The maximum absolute atomic E-state index is 12.9. The zero-order valence-electron chi connectivity index (χ0n) is 31.3. The van der Waals surface area contributed by atoms with Crippen molar-refractivity contribution < 1.29 is 9.59 Å². The summed E-state index contributed by atoms with van der Waals surface area (Å²) in [7, 11) is 0. The van der Waals surface area contributed by atoms with Crippen LogP contribution in [0.5, 0.6) is 0 Å². The Hall–Kier alpha value is -0.610. The number of halogens is 1. The molecule has 276 valence electrons. The van der Waals surface area contributed by atoms with Crippen LogP contribution in [0.2, 0.25) is 0 Å². The first-order chi connectivity index (χ1) is 22.2. The van der Waals surface area contributed by atoms with Gasteiger partial charge in [-0.2, -0.15) is 0 Å². The van der Waals surface area contributed by atoms with E-state index in [9.17, 15) is 9.59 Å². The highest BCUT2D eigenvalue weighted by Crippen LogP contribution is 2.18. The van der Waals surface area contributed by atoms with Crippen molar-refractivity contribution in [3.8, 4) is 0 Å². The second-order valence-corrected chi connectivity index (χ2v) is 14.3. The van der Waals surface area contributed by atoms with E-state index in [2.05, 4.69) is 19.2 Å². The van der Waals surface area contributed by atoms with E-state index in [1.165, 1.54) is 167 Å². The van der Waals surface area contributed by atoms with Crippen LogP contribution in [-0.2, 0) is 9.59 Å². The first kappa shape index (κ1) is 47.5. The molecule has 0 saturated heterocycles. The van der Waals surface area contributed by atoms with Crippen molar-refractivity contribution in [2.75, 3.05) is 13.1 Å². The van der Waals surface area contributed by atoms with Gasteiger partial charge in [-0.3, -0.25) is 9.59 Å². The van der Waals surface area contributed by atoms with E-state index < -0.39 is 0 Å². The van der Waals surface area contributed by atoms with Crippen molar-refractivity contribution in [1.29, 1.82) is 0 Å². The molecule has 0 unspecified atom stereocenters. The van der Waals surface area contributed by atoms with Crippen LogP contribution in [0.4, 0.5) is 0 Å². The fourth-order valence-electron chi connectivity index (χ4n) is 6.61. The summed E-state index contributed by atoms with van der Waals surface area (Å²) in [6.07, 6.45) is 42.6. The number of carbonyl (C=O) groups excluding carboxylic acids is 2. The van der Waals surface area contributed by atoms with Gasteiger partial charge < -0.3 is 11.1 Å². The maximum atomic E-state index is 12.9. The SMILES string of the molecule is CCCCCCCCCCCCCCCCCCCCCC(=O)C[C@@H](CCCCN)C(=O)NCCCCCCCCCCCC.Cl. The summed E-state index contributed by atoms with van der Waals surface area (Å²) in [5, 5.41) is 3.15. The molecule has 3 N–H and O–H groups in total. The van der Waals surface area contributed by atoms with Crippen LogP contribution in [0.1, 0.15) is 232 Å². The molecule has 0 aromatic heterocycles.